The molecule has 2 rings (SSSR count). The second-order valence-corrected chi connectivity index (χ2v) is 6.16. The zero-order valence-corrected chi connectivity index (χ0v) is 12.2. The number of nitrogens with one attached hydrogen (secondary N) is 1. The van der Waals surface area contributed by atoms with E-state index < -0.39 is 0 Å². The molecule has 0 aromatic carbocycles. The van der Waals surface area contributed by atoms with Gasteiger partial charge in [-0.15, -0.1) is 11.3 Å². The van der Waals surface area contributed by atoms with Crippen LogP contribution in [0.2, 0.25) is 0 Å². The molecule has 3 nitrogen and oxygen atoms in total. The van der Waals surface area contributed by atoms with E-state index in [0.717, 1.165) is 34.1 Å². The van der Waals surface area contributed by atoms with Crippen molar-refractivity contribution in [2.24, 2.45) is 0 Å². The van der Waals surface area contributed by atoms with Gasteiger partial charge in [0.15, 0.2) is 0 Å². The summed E-state index contributed by atoms with van der Waals surface area (Å²) >= 11 is 5.16. The van der Waals surface area contributed by atoms with Crippen molar-refractivity contribution in [1.82, 2.24) is 15.3 Å². The third-order valence-corrected chi connectivity index (χ3v) is 3.91. The van der Waals surface area contributed by atoms with Crippen molar-refractivity contribution >= 4 is 27.3 Å². The summed E-state index contributed by atoms with van der Waals surface area (Å²) in [6, 6.07) is 6.14. The number of aryl methyl sites for hydroxylation is 1. The fourth-order valence-corrected chi connectivity index (χ4v) is 2.87. The molecule has 0 aliphatic heterocycles. The lowest BCUT2D eigenvalue weighted by atomic mass is 10.3. The molecule has 1 N–H and O–H groups in total. The van der Waals surface area contributed by atoms with E-state index in [1.807, 2.05) is 19.1 Å². The highest BCUT2D eigenvalue weighted by Crippen LogP contribution is 2.30. The maximum atomic E-state index is 4.57. The molecule has 0 unspecified atom stereocenters. The van der Waals surface area contributed by atoms with Crippen LogP contribution in [0, 0.1) is 6.92 Å². The van der Waals surface area contributed by atoms with Crippen molar-refractivity contribution in [2.45, 2.75) is 20.4 Å². The minimum atomic E-state index is 0.720. The molecule has 0 fully saturated rings. The SMILES string of the molecule is CCNCc1nc(C)cc(-c2ccc(Br)s2)n1. The second-order valence-electron chi connectivity index (χ2n) is 3.69. The van der Waals surface area contributed by atoms with Gasteiger partial charge in [0, 0.05) is 5.69 Å². The molecule has 0 amide bonds. The summed E-state index contributed by atoms with van der Waals surface area (Å²) in [4.78, 5) is 10.2. The molecule has 17 heavy (non-hydrogen) atoms. The van der Waals surface area contributed by atoms with E-state index >= 15 is 0 Å². The zero-order valence-electron chi connectivity index (χ0n) is 9.83. The third kappa shape index (κ3) is 3.34. The number of rotatable bonds is 4. The van der Waals surface area contributed by atoms with Crippen LogP contribution < -0.4 is 5.32 Å². The highest BCUT2D eigenvalue weighted by Gasteiger charge is 2.06. The van der Waals surface area contributed by atoms with Crippen molar-refractivity contribution < 1.29 is 0 Å². The Hall–Kier alpha value is -0.780. The Labute approximate surface area is 113 Å². The molecule has 2 aromatic rings. The maximum absolute atomic E-state index is 4.57. The maximum Gasteiger partial charge on any atom is 0.143 e. The molecular formula is C12H14BrN3S. The third-order valence-electron chi connectivity index (χ3n) is 2.26. The van der Waals surface area contributed by atoms with Gasteiger partial charge in [-0.1, -0.05) is 6.92 Å². The summed E-state index contributed by atoms with van der Waals surface area (Å²) in [5, 5.41) is 3.24. The summed E-state index contributed by atoms with van der Waals surface area (Å²) in [6.07, 6.45) is 0. The van der Waals surface area contributed by atoms with Gasteiger partial charge >= 0.3 is 0 Å². The molecule has 2 aromatic heterocycles. The predicted octanol–water partition coefficient (Wildman–Crippen LogP) is 3.39. The van der Waals surface area contributed by atoms with Crippen molar-refractivity contribution in [2.75, 3.05) is 6.54 Å². The molecule has 0 aliphatic carbocycles. The first kappa shape index (κ1) is 12.7. The Bertz CT molecular complexity index is 510. The summed E-state index contributed by atoms with van der Waals surface area (Å²) in [5.41, 5.74) is 2.01. The Morgan fingerprint density at radius 2 is 2.18 bits per heavy atom. The molecule has 0 aliphatic rings. The molecule has 5 heteroatoms. The van der Waals surface area contributed by atoms with Crippen LogP contribution in [-0.2, 0) is 6.54 Å². The highest BCUT2D eigenvalue weighted by atomic mass is 79.9. The number of hydrogen-bond acceptors (Lipinski definition) is 4. The monoisotopic (exact) mass is 311 g/mol. The molecule has 0 saturated carbocycles. The van der Waals surface area contributed by atoms with Gasteiger partial charge in [-0.3, -0.25) is 0 Å². The topological polar surface area (TPSA) is 37.8 Å². The lowest BCUT2D eigenvalue weighted by Crippen LogP contribution is -2.14. The van der Waals surface area contributed by atoms with E-state index in [0.29, 0.717) is 0 Å². The molecule has 2 heterocycles. The van der Waals surface area contributed by atoms with E-state index in [4.69, 9.17) is 0 Å². The van der Waals surface area contributed by atoms with Crippen LogP contribution in [0.1, 0.15) is 18.4 Å². The normalized spacial score (nSPS) is 10.8. The first-order valence-corrected chi connectivity index (χ1v) is 7.11. The Morgan fingerprint density at radius 1 is 1.35 bits per heavy atom. The highest BCUT2D eigenvalue weighted by molar-refractivity contribution is 9.11. The zero-order chi connectivity index (χ0) is 12.3. The van der Waals surface area contributed by atoms with Crippen molar-refractivity contribution in [3.05, 3.63) is 33.5 Å². The average Bonchev–Trinajstić information content (AvgIpc) is 2.72. The number of nitrogens with zero attached hydrogens (tertiary/aromatic N) is 2. The van der Waals surface area contributed by atoms with Crippen LogP contribution >= 0.6 is 27.3 Å². The van der Waals surface area contributed by atoms with E-state index in [1.54, 1.807) is 11.3 Å². The molecular weight excluding hydrogens is 298 g/mol. The largest absolute Gasteiger partial charge is 0.310 e. The van der Waals surface area contributed by atoms with Gasteiger partial charge in [-0.05, 0) is 47.6 Å². The van der Waals surface area contributed by atoms with E-state index in [2.05, 4.69) is 44.2 Å². The number of halogens is 1. The van der Waals surface area contributed by atoms with Gasteiger partial charge in [-0.2, -0.15) is 0 Å². The summed E-state index contributed by atoms with van der Waals surface area (Å²) in [6.45, 7) is 5.73. The van der Waals surface area contributed by atoms with E-state index in [-0.39, 0.29) is 0 Å². The van der Waals surface area contributed by atoms with Gasteiger partial charge in [0.05, 0.1) is 20.9 Å². The molecule has 0 radical (unpaired) electrons. The fraction of sp³-hybridized carbons (Fsp3) is 0.333. The number of hydrogen-bond donors (Lipinski definition) is 1. The number of thiophene rings is 1. The quantitative estimate of drug-likeness (QED) is 0.940. The lowest BCUT2D eigenvalue weighted by molar-refractivity contribution is 0.688. The minimum Gasteiger partial charge on any atom is -0.310 e. The van der Waals surface area contributed by atoms with Crippen LogP contribution in [0.3, 0.4) is 0 Å². The average molecular weight is 312 g/mol. The van der Waals surface area contributed by atoms with Crippen molar-refractivity contribution in [3.8, 4) is 10.6 Å². The predicted molar refractivity (Wildman–Crippen MR) is 75.2 cm³/mol. The minimum absolute atomic E-state index is 0.720. The first-order chi connectivity index (χ1) is 8.19. The van der Waals surface area contributed by atoms with Gasteiger partial charge in [0.1, 0.15) is 5.82 Å². The van der Waals surface area contributed by atoms with Crippen LogP contribution in [-0.4, -0.2) is 16.5 Å². The Balaban J connectivity index is 2.31. The van der Waals surface area contributed by atoms with Crippen molar-refractivity contribution in [1.29, 1.82) is 0 Å². The molecule has 0 saturated heterocycles. The fourth-order valence-electron chi connectivity index (χ4n) is 1.52. The Kier molecular flexibility index (Phi) is 4.25. The smallest absolute Gasteiger partial charge is 0.143 e. The van der Waals surface area contributed by atoms with Crippen LogP contribution in [0.5, 0.6) is 0 Å². The van der Waals surface area contributed by atoms with Gasteiger partial charge < -0.3 is 5.32 Å². The second kappa shape index (κ2) is 5.71. The van der Waals surface area contributed by atoms with E-state index in [1.165, 1.54) is 4.88 Å². The summed E-state index contributed by atoms with van der Waals surface area (Å²) < 4.78 is 1.12. The Morgan fingerprint density at radius 3 is 2.82 bits per heavy atom. The van der Waals surface area contributed by atoms with Crippen LogP contribution in [0.4, 0.5) is 0 Å². The number of aromatic nitrogens is 2. The van der Waals surface area contributed by atoms with E-state index in [9.17, 15) is 0 Å². The standard InChI is InChI=1S/C12H14BrN3S/c1-3-14-7-12-15-8(2)6-9(16-12)10-4-5-11(13)17-10/h4-6,14H,3,7H2,1-2H3. The van der Waals surface area contributed by atoms with Crippen LogP contribution in [0.15, 0.2) is 22.0 Å². The first-order valence-electron chi connectivity index (χ1n) is 5.50. The summed E-state index contributed by atoms with van der Waals surface area (Å²) in [5.74, 6) is 0.853. The lowest BCUT2D eigenvalue weighted by Gasteiger charge is -2.04. The van der Waals surface area contributed by atoms with Crippen molar-refractivity contribution in [3.63, 3.8) is 0 Å². The van der Waals surface area contributed by atoms with Gasteiger partial charge in [-0.25, -0.2) is 9.97 Å². The molecule has 0 spiro atoms. The molecule has 0 bridgehead atoms. The van der Waals surface area contributed by atoms with Crippen LogP contribution in [0.25, 0.3) is 10.6 Å². The summed E-state index contributed by atoms with van der Waals surface area (Å²) in [7, 11) is 0. The molecule has 0 atom stereocenters. The molecule has 90 valence electrons. The van der Waals surface area contributed by atoms with Gasteiger partial charge in [0.25, 0.3) is 0 Å². The van der Waals surface area contributed by atoms with Gasteiger partial charge in [0.2, 0.25) is 0 Å².